The van der Waals surface area contributed by atoms with Crippen molar-refractivity contribution in [2.75, 3.05) is 33.3 Å². The van der Waals surface area contributed by atoms with E-state index in [0.717, 1.165) is 49.2 Å². The number of rotatable bonds is 8. The summed E-state index contributed by atoms with van der Waals surface area (Å²) >= 11 is 0. The molecule has 0 saturated carbocycles. The third-order valence-corrected chi connectivity index (χ3v) is 6.71. The summed E-state index contributed by atoms with van der Waals surface area (Å²) in [5.41, 5.74) is 3.58. The van der Waals surface area contributed by atoms with Crippen LogP contribution in [0.5, 0.6) is 5.75 Å². The number of para-hydroxylation sites is 1. The highest BCUT2D eigenvalue weighted by Crippen LogP contribution is 2.36. The fourth-order valence-electron chi connectivity index (χ4n) is 4.97. The Balaban J connectivity index is 1.38. The highest BCUT2D eigenvalue weighted by atomic mass is 16.5. The predicted molar refractivity (Wildman–Crippen MR) is 130 cm³/mol. The van der Waals surface area contributed by atoms with Crippen LogP contribution in [0.15, 0.2) is 61.2 Å². The van der Waals surface area contributed by atoms with Gasteiger partial charge in [0.05, 0.1) is 24.9 Å². The van der Waals surface area contributed by atoms with Gasteiger partial charge in [-0.3, -0.25) is 9.69 Å². The Kier molecular flexibility index (Phi) is 7.05. The van der Waals surface area contributed by atoms with Gasteiger partial charge in [-0.1, -0.05) is 43.5 Å². The molecule has 0 aliphatic carbocycles. The van der Waals surface area contributed by atoms with Crippen molar-refractivity contribution in [2.24, 2.45) is 5.92 Å². The minimum atomic E-state index is 0.0514. The first kappa shape index (κ1) is 22.3. The molecule has 5 heteroatoms. The van der Waals surface area contributed by atoms with Crippen molar-refractivity contribution in [3.05, 3.63) is 72.5 Å². The number of amides is 1. The Morgan fingerprint density at radius 1 is 1.25 bits per heavy atom. The average Bonchev–Trinajstić information content (AvgIpc) is 2.97. The van der Waals surface area contributed by atoms with Crippen LogP contribution in [0.3, 0.4) is 0 Å². The molecule has 1 amide bonds. The molecule has 1 aromatic carbocycles. The molecule has 2 aliphatic heterocycles. The van der Waals surface area contributed by atoms with Gasteiger partial charge in [-0.2, -0.15) is 0 Å². The largest absolute Gasteiger partial charge is 0.495 e. The van der Waals surface area contributed by atoms with E-state index in [9.17, 15) is 4.79 Å². The van der Waals surface area contributed by atoms with E-state index in [-0.39, 0.29) is 5.91 Å². The van der Waals surface area contributed by atoms with Gasteiger partial charge in [0.2, 0.25) is 0 Å². The van der Waals surface area contributed by atoms with Crippen LogP contribution in [0.25, 0.3) is 10.9 Å². The minimum Gasteiger partial charge on any atom is -0.495 e. The monoisotopic (exact) mass is 431 g/mol. The number of carbonyl (C=O) groups excluding carboxylic acids is 1. The van der Waals surface area contributed by atoms with Crippen LogP contribution < -0.4 is 4.74 Å². The zero-order valence-electron chi connectivity index (χ0n) is 19.1. The van der Waals surface area contributed by atoms with Crippen molar-refractivity contribution in [3.8, 4) is 5.75 Å². The standard InChI is InChI=1S/C27H33N3O2/c1-4-9-20(5-2)18-29-15-8-10-21(13-16-29)14-17-30-19-24-25(27(30)31)26(32-3)22-11-6-7-12-23(22)28-24/h4-7,9,11-12,21H,1-2,8,10,13-19H2,3H3/b20-9+. The van der Waals surface area contributed by atoms with Gasteiger partial charge in [-0.25, -0.2) is 4.98 Å². The first-order chi connectivity index (χ1) is 15.6. The molecule has 2 aliphatic rings. The Hall–Kier alpha value is -2.92. The molecule has 1 fully saturated rings. The number of allylic oxidation sites excluding steroid dienone is 2. The van der Waals surface area contributed by atoms with E-state index in [2.05, 4.69) is 18.1 Å². The Labute approximate surface area is 191 Å². The number of benzene rings is 1. The van der Waals surface area contributed by atoms with Gasteiger partial charge in [-0.15, -0.1) is 0 Å². The molecule has 168 valence electrons. The van der Waals surface area contributed by atoms with Crippen molar-refractivity contribution >= 4 is 16.8 Å². The fourth-order valence-corrected chi connectivity index (χ4v) is 4.97. The van der Waals surface area contributed by atoms with Crippen molar-refractivity contribution < 1.29 is 9.53 Å². The summed E-state index contributed by atoms with van der Waals surface area (Å²) in [5.74, 6) is 1.35. The van der Waals surface area contributed by atoms with Gasteiger partial charge in [0, 0.05) is 18.5 Å². The third kappa shape index (κ3) is 4.63. The van der Waals surface area contributed by atoms with Gasteiger partial charge in [0.15, 0.2) is 0 Å². The number of ether oxygens (including phenoxy) is 1. The van der Waals surface area contributed by atoms with E-state index < -0.39 is 0 Å². The zero-order valence-corrected chi connectivity index (χ0v) is 19.1. The van der Waals surface area contributed by atoms with Crippen LogP contribution in [0.4, 0.5) is 0 Å². The van der Waals surface area contributed by atoms with Gasteiger partial charge >= 0.3 is 0 Å². The highest BCUT2D eigenvalue weighted by molar-refractivity contribution is 6.05. The second-order valence-electron chi connectivity index (χ2n) is 8.75. The Bertz CT molecular complexity index is 1040. The number of aromatic nitrogens is 1. The molecule has 1 saturated heterocycles. The van der Waals surface area contributed by atoms with E-state index in [1.54, 1.807) is 7.11 Å². The number of pyridine rings is 1. The van der Waals surface area contributed by atoms with Gasteiger partial charge in [0.1, 0.15) is 11.3 Å². The van der Waals surface area contributed by atoms with E-state index in [0.29, 0.717) is 23.8 Å². The number of methoxy groups -OCH3 is 1. The summed E-state index contributed by atoms with van der Waals surface area (Å²) in [6.07, 6.45) is 10.4. The number of fused-ring (bicyclic) bond motifs is 2. The van der Waals surface area contributed by atoms with Gasteiger partial charge < -0.3 is 9.64 Å². The lowest BCUT2D eigenvalue weighted by Gasteiger charge is -2.22. The smallest absolute Gasteiger partial charge is 0.259 e. The third-order valence-electron chi connectivity index (χ3n) is 6.71. The van der Waals surface area contributed by atoms with Crippen LogP contribution >= 0.6 is 0 Å². The second kappa shape index (κ2) is 10.1. The number of hydrogen-bond donors (Lipinski definition) is 0. The van der Waals surface area contributed by atoms with E-state index in [1.165, 1.54) is 24.8 Å². The zero-order chi connectivity index (χ0) is 22.5. The average molecular weight is 432 g/mol. The summed E-state index contributed by atoms with van der Waals surface area (Å²) in [4.78, 5) is 22.4. The van der Waals surface area contributed by atoms with Gasteiger partial charge in [0.25, 0.3) is 5.91 Å². The second-order valence-corrected chi connectivity index (χ2v) is 8.75. The maximum absolute atomic E-state index is 13.2. The highest BCUT2D eigenvalue weighted by Gasteiger charge is 2.33. The number of nitrogens with zero attached hydrogens (tertiary/aromatic N) is 3. The minimum absolute atomic E-state index is 0.0514. The number of carbonyl (C=O) groups is 1. The van der Waals surface area contributed by atoms with Crippen LogP contribution in [0, 0.1) is 5.92 Å². The maximum atomic E-state index is 13.2. The summed E-state index contributed by atoms with van der Waals surface area (Å²) in [6, 6.07) is 7.87. The molecule has 5 nitrogen and oxygen atoms in total. The van der Waals surface area contributed by atoms with Crippen molar-refractivity contribution in [1.29, 1.82) is 0 Å². The first-order valence-corrected chi connectivity index (χ1v) is 11.6. The van der Waals surface area contributed by atoms with Crippen molar-refractivity contribution in [1.82, 2.24) is 14.8 Å². The van der Waals surface area contributed by atoms with E-state index in [1.807, 2.05) is 47.4 Å². The number of likely N-dealkylation sites (tertiary alicyclic amines) is 1. The first-order valence-electron chi connectivity index (χ1n) is 11.6. The molecule has 1 unspecified atom stereocenters. The normalized spacial score (nSPS) is 19.7. The molecule has 1 atom stereocenters. The number of hydrogen-bond acceptors (Lipinski definition) is 4. The maximum Gasteiger partial charge on any atom is 0.259 e. The fraction of sp³-hybridized carbons (Fsp3) is 0.407. The molecular weight excluding hydrogens is 398 g/mol. The van der Waals surface area contributed by atoms with Crippen LogP contribution in [-0.4, -0.2) is 54.0 Å². The summed E-state index contributed by atoms with van der Waals surface area (Å²) in [6.45, 7) is 12.2. The summed E-state index contributed by atoms with van der Waals surface area (Å²) in [5, 5.41) is 0.900. The quantitative estimate of drug-likeness (QED) is 0.553. The molecule has 32 heavy (non-hydrogen) atoms. The molecule has 0 bridgehead atoms. The van der Waals surface area contributed by atoms with E-state index >= 15 is 0 Å². The lowest BCUT2D eigenvalue weighted by molar-refractivity contribution is 0.0765. The molecule has 0 spiro atoms. The molecule has 4 rings (SSSR count). The molecular formula is C27H33N3O2. The SMILES string of the molecule is C=C/C=C(\C=C)CN1CCCC(CCN2Cc3nc4ccccc4c(OC)c3C2=O)CC1. The lowest BCUT2D eigenvalue weighted by Crippen LogP contribution is -2.28. The van der Waals surface area contributed by atoms with Crippen molar-refractivity contribution in [3.63, 3.8) is 0 Å². The Morgan fingerprint density at radius 2 is 2.09 bits per heavy atom. The van der Waals surface area contributed by atoms with Crippen molar-refractivity contribution in [2.45, 2.75) is 32.2 Å². The summed E-state index contributed by atoms with van der Waals surface area (Å²) in [7, 11) is 1.64. The van der Waals surface area contributed by atoms with Crippen LogP contribution in [-0.2, 0) is 6.54 Å². The molecule has 0 radical (unpaired) electrons. The predicted octanol–water partition coefficient (Wildman–Crippen LogP) is 4.99. The molecule has 2 aromatic rings. The Morgan fingerprint density at radius 3 is 2.88 bits per heavy atom. The van der Waals surface area contributed by atoms with Gasteiger partial charge in [-0.05, 0) is 62.4 Å². The van der Waals surface area contributed by atoms with E-state index in [4.69, 9.17) is 9.72 Å². The topological polar surface area (TPSA) is 45.7 Å². The molecule has 0 N–H and O–H groups in total. The van der Waals surface area contributed by atoms with Crippen LogP contribution in [0.1, 0.15) is 41.7 Å². The molecule has 1 aromatic heterocycles. The van der Waals surface area contributed by atoms with Crippen LogP contribution in [0.2, 0.25) is 0 Å². The molecule has 3 heterocycles. The summed E-state index contributed by atoms with van der Waals surface area (Å²) < 4.78 is 5.66. The lowest BCUT2D eigenvalue weighted by atomic mass is 9.97.